The first kappa shape index (κ1) is 24.4. The number of benzene rings is 1. The van der Waals surface area contributed by atoms with Gasteiger partial charge < -0.3 is 16.0 Å². The molecule has 1 saturated heterocycles. The first-order valence-electron chi connectivity index (χ1n) is 11.1. The lowest BCUT2D eigenvalue weighted by molar-refractivity contribution is 0.0937. The second kappa shape index (κ2) is 11.0. The lowest BCUT2D eigenvalue weighted by atomic mass is 9.96. The number of nitrogens with one attached hydrogen (secondary N) is 1. The first-order chi connectivity index (χ1) is 15.1. The van der Waals surface area contributed by atoms with Gasteiger partial charge in [-0.25, -0.2) is 4.98 Å². The third-order valence-electron chi connectivity index (χ3n) is 6.12. The van der Waals surface area contributed by atoms with E-state index in [0.29, 0.717) is 34.5 Å². The summed E-state index contributed by atoms with van der Waals surface area (Å²) in [6, 6.07) is 11.4. The van der Waals surface area contributed by atoms with Crippen molar-refractivity contribution in [3.05, 3.63) is 53.2 Å². The van der Waals surface area contributed by atoms with Crippen LogP contribution >= 0.6 is 24.0 Å². The second-order valence-corrected chi connectivity index (χ2v) is 8.73. The molecule has 2 aromatic heterocycles. The van der Waals surface area contributed by atoms with Crippen LogP contribution in [0.5, 0.6) is 0 Å². The number of halogens is 2. The van der Waals surface area contributed by atoms with Crippen LogP contribution in [0.25, 0.3) is 16.9 Å². The summed E-state index contributed by atoms with van der Waals surface area (Å²) in [7, 11) is 0. The van der Waals surface area contributed by atoms with E-state index in [-0.39, 0.29) is 18.3 Å². The SMILES string of the molecule is CCCCN1CCC(CNC(=O)c2cc(Cl)c(N)n3cc(-c4ccccc4)nc23)CC1.Cl. The van der Waals surface area contributed by atoms with E-state index in [1.54, 1.807) is 10.5 Å². The number of likely N-dealkylation sites (tertiary alicyclic amines) is 1. The number of carbonyl (C=O) groups excluding carboxylic acids is 1. The minimum Gasteiger partial charge on any atom is -0.384 e. The van der Waals surface area contributed by atoms with E-state index in [4.69, 9.17) is 22.3 Å². The minimum atomic E-state index is -0.162. The third kappa shape index (κ3) is 5.37. The zero-order valence-electron chi connectivity index (χ0n) is 18.4. The van der Waals surface area contributed by atoms with Gasteiger partial charge in [0.15, 0.2) is 5.65 Å². The fourth-order valence-electron chi connectivity index (χ4n) is 4.18. The number of fused-ring (bicyclic) bond motifs is 1. The number of nitrogens with two attached hydrogens (primary N) is 1. The molecule has 3 N–H and O–H groups in total. The molecule has 0 unspecified atom stereocenters. The molecule has 3 aromatic rings. The predicted octanol–water partition coefficient (Wildman–Crippen LogP) is 4.90. The molecule has 8 heteroatoms. The Morgan fingerprint density at radius 1 is 1.25 bits per heavy atom. The molecule has 0 radical (unpaired) electrons. The Bertz CT molecular complexity index is 1050. The van der Waals surface area contributed by atoms with Crippen LogP contribution in [0.4, 0.5) is 5.82 Å². The molecular weight excluding hydrogens is 445 g/mol. The summed E-state index contributed by atoms with van der Waals surface area (Å²) in [4.78, 5) is 20.3. The number of hydrogen-bond acceptors (Lipinski definition) is 4. The Kier molecular flexibility index (Phi) is 8.40. The maximum atomic E-state index is 13.0. The molecule has 1 aliphatic heterocycles. The summed E-state index contributed by atoms with van der Waals surface area (Å²) in [5, 5.41) is 3.45. The van der Waals surface area contributed by atoms with Gasteiger partial charge in [-0.05, 0) is 50.9 Å². The molecule has 4 rings (SSSR count). The van der Waals surface area contributed by atoms with Crippen LogP contribution in [0.1, 0.15) is 43.0 Å². The van der Waals surface area contributed by atoms with Crippen LogP contribution in [-0.4, -0.2) is 46.4 Å². The topological polar surface area (TPSA) is 75.7 Å². The van der Waals surface area contributed by atoms with E-state index in [9.17, 15) is 4.79 Å². The van der Waals surface area contributed by atoms with Crippen LogP contribution in [0.3, 0.4) is 0 Å². The molecule has 32 heavy (non-hydrogen) atoms. The molecule has 0 spiro atoms. The van der Waals surface area contributed by atoms with Gasteiger partial charge in [0.2, 0.25) is 0 Å². The lowest BCUT2D eigenvalue weighted by Gasteiger charge is -2.31. The highest BCUT2D eigenvalue weighted by molar-refractivity contribution is 6.33. The molecule has 0 atom stereocenters. The number of unbranched alkanes of at least 4 members (excludes halogenated alkanes) is 1. The maximum Gasteiger partial charge on any atom is 0.255 e. The Morgan fingerprint density at radius 3 is 2.66 bits per heavy atom. The number of carbonyl (C=O) groups is 1. The Morgan fingerprint density at radius 2 is 1.97 bits per heavy atom. The van der Waals surface area contributed by atoms with Crippen molar-refractivity contribution in [3.63, 3.8) is 0 Å². The summed E-state index contributed by atoms with van der Waals surface area (Å²) in [5.74, 6) is 0.717. The van der Waals surface area contributed by atoms with Crippen molar-refractivity contribution in [1.29, 1.82) is 0 Å². The zero-order valence-corrected chi connectivity index (χ0v) is 20.0. The van der Waals surface area contributed by atoms with Crippen LogP contribution in [0, 0.1) is 5.92 Å². The van der Waals surface area contributed by atoms with Crippen molar-refractivity contribution in [1.82, 2.24) is 19.6 Å². The number of nitrogen functional groups attached to an aromatic ring is 1. The number of amides is 1. The molecular formula is C24H31Cl2N5O. The van der Waals surface area contributed by atoms with Gasteiger partial charge >= 0.3 is 0 Å². The second-order valence-electron chi connectivity index (χ2n) is 8.33. The van der Waals surface area contributed by atoms with Gasteiger partial charge in [-0.2, -0.15) is 0 Å². The van der Waals surface area contributed by atoms with Crippen LogP contribution in [0.2, 0.25) is 5.02 Å². The molecule has 0 saturated carbocycles. The number of nitrogens with zero attached hydrogens (tertiary/aromatic N) is 3. The molecule has 1 fully saturated rings. The van der Waals surface area contributed by atoms with Gasteiger partial charge in [0.05, 0.1) is 16.3 Å². The minimum absolute atomic E-state index is 0. The van der Waals surface area contributed by atoms with Crippen LogP contribution < -0.4 is 11.1 Å². The maximum absolute atomic E-state index is 13.0. The average Bonchev–Trinajstić information content (AvgIpc) is 3.25. The molecule has 1 aromatic carbocycles. The fourth-order valence-corrected chi connectivity index (χ4v) is 4.38. The molecule has 3 heterocycles. The zero-order chi connectivity index (χ0) is 21.8. The highest BCUT2D eigenvalue weighted by Crippen LogP contribution is 2.28. The molecule has 0 aliphatic carbocycles. The number of anilines is 1. The van der Waals surface area contributed by atoms with Crippen molar-refractivity contribution in [2.75, 3.05) is 31.9 Å². The van der Waals surface area contributed by atoms with E-state index in [2.05, 4.69) is 17.1 Å². The number of pyridine rings is 1. The number of rotatable bonds is 7. The van der Waals surface area contributed by atoms with Gasteiger partial charge in [-0.15, -0.1) is 12.4 Å². The summed E-state index contributed by atoms with van der Waals surface area (Å²) < 4.78 is 1.70. The van der Waals surface area contributed by atoms with E-state index in [1.165, 1.54) is 19.4 Å². The molecule has 1 aliphatic rings. The molecule has 172 valence electrons. The summed E-state index contributed by atoms with van der Waals surface area (Å²) in [6.07, 6.45) is 6.54. The first-order valence-corrected chi connectivity index (χ1v) is 11.5. The average molecular weight is 476 g/mol. The van der Waals surface area contributed by atoms with Crippen LogP contribution in [0.15, 0.2) is 42.6 Å². The predicted molar refractivity (Wildman–Crippen MR) is 134 cm³/mol. The van der Waals surface area contributed by atoms with E-state index in [0.717, 1.165) is 37.2 Å². The smallest absolute Gasteiger partial charge is 0.255 e. The van der Waals surface area contributed by atoms with Gasteiger partial charge in [-0.1, -0.05) is 55.3 Å². The third-order valence-corrected chi connectivity index (χ3v) is 6.43. The van der Waals surface area contributed by atoms with Crippen molar-refractivity contribution < 1.29 is 4.79 Å². The highest BCUT2D eigenvalue weighted by Gasteiger charge is 2.22. The molecule has 6 nitrogen and oxygen atoms in total. The highest BCUT2D eigenvalue weighted by atomic mass is 35.5. The lowest BCUT2D eigenvalue weighted by Crippen LogP contribution is -2.39. The van der Waals surface area contributed by atoms with Gasteiger partial charge in [0.1, 0.15) is 5.82 Å². The monoisotopic (exact) mass is 475 g/mol. The summed E-state index contributed by atoms with van der Waals surface area (Å²) in [6.45, 7) is 6.30. The van der Waals surface area contributed by atoms with Crippen molar-refractivity contribution in [3.8, 4) is 11.3 Å². The van der Waals surface area contributed by atoms with Crippen molar-refractivity contribution in [2.45, 2.75) is 32.6 Å². The number of hydrogen-bond donors (Lipinski definition) is 2. The number of aromatic nitrogens is 2. The molecule has 0 bridgehead atoms. The Balaban J connectivity index is 0.00000289. The van der Waals surface area contributed by atoms with E-state index in [1.807, 2.05) is 36.5 Å². The van der Waals surface area contributed by atoms with Gasteiger partial charge in [0, 0.05) is 18.3 Å². The standard InChI is InChI=1S/C24H30ClN5O.ClH/c1-2-3-11-29-12-9-17(10-13-29)15-27-24(31)19-14-20(25)22(26)30-16-21(28-23(19)30)18-7-5-4-6-8-18;/h4-8,14,16-17H,2-3,9-13,15,26H2,1H3,(H,27,31);1H. The van der Waals surface area contributed by atoms with Crippen LogP contribution in [-0.2, 0) is 0 Å². The van der Waals surface area contributed by atoms with Gasteiger partial charge in [0.25, 0.3) is 5.91 Å². The van der Waals surface area contributed by atoms with Crippen molar-refractivity contribution in [2.24, 2.45) is 5.92 Å². The van der Waals surface area contributed by atoms with E-state index >= 15 is 0 Å². The summed E-state index contributed by atoms with van der Waals surface area (Å²) >= 11 is 6.34. The van der Waals surface area contributed by atoms with Crippen molar-refractivity contribution >= 4 is 41.4 Å². The van der Waals surface area contributed by atoms with E-state index < -0.39 is 0 Å². The van der Waals surface area contributed by atoms with Gasteiger partial charge in [-0.3, -0.25) is 9.20 Å². The Labute approximate surface area is 200 Å². The number of piperidine rings is 1. The summed E-state index contributed by atoms with van der Waals surface area (Å²) in [5.41, 5.74) is 8.85. The Hall–Kier alpha value is -2.28. The normalized spacial score (nSPS) is 14.9. The fraction of sp³-hybridized carbons (Fsp3) is 0.417. The molecule has 1 amide bonds. The number of imidazole rings is 1. The largest absolute Gasteiger partial charge is 0.384 e. The quantitative estimate of drug-likeness (QED) is 0.509.